The second-order valence-electron chi connectivity index (χ2n) is 4.10. The summed E-state index contributed by atoms with van der Waals surface area (Å²) >= 11 is 0. The summed E-state index contributed by atoms with van der Waals surface area (Å²) in [5.74, 6) is -1.18. The summed E-state index contributed by atoms with van der Waals surface area (Å²) in [6.45, 7) is 2.08. The number of aliphatic carboxylic acids is 1. The molecule has 1 atom stereocenters. The number of hydrogen-bond acceptors (Lipinski definition) is 2. The van der Waals surface area contributed by atoms with Crippen LogP contribution in [0.3, 0.4) is 0 Å². The molecule has 0 saturated heterocycles. The van der Waals surface area contributed by atoms with Crippen LogP contribution in [0.4, 0.5) is 13.2 Å². The van der Waals surface area contributed by atoms with Gasteiger partial charge in [-0.1, -0.05) is 25.1 Å². The Morgan fingerprint density at radius 3 is 2.63 bits per heavy atom. The Labute approximate surface area is 109 Å². The predicted molar refractivity (Wildman–Crippen MR) is 62.8 cm³/mol. The normalized spacial score (nSPS) is 13.3. The molecule has 106 valence electrons. The molecule has 0 aliphatic carbocycles. The van der Waals surface area contributed by atoms with Crippen molar-refractivity contribution in [2.75, 3.05) is 6.61 Å². The zero-order valence-corrected chi connectivity index (χ0v) is 10.4. The zero-order chi connectivity index (χ0) is 14.5. The number of hydrogen-bond donors (Lipinski definition) is 1. The molecule has 6 heteroatoms. The van der Waals surface area contributed by atoms with Crippen molar-refractivity contribution < 1.29 is 27.8 Å². The molecule has 1 aromatic carbocycles. The highest BCUT2D eigenvalue weighted by Gasteiger charge is 2.30. The lowest BCUT2D eigenvalue weighted by Crippen LogP contribution is -2.26. The minimum absolute atomic E-state index is 0.0841. The molecule has 0 saturated carbocycles. The molecule has 3 nitrogen and oxygen atoms in total. The molecule has 0 amide bonds. The largest absolute Gasteiger partial charge is 0.479 e. The number of rotatable bonds is 6. The molecule has 1 rings (SSSR count). The van der Waals surface area contributed by atoms with Crippen molar-refractivity contribution >= 4 is 5.97 Å². The number of alkyl halides is 3. The van der Waals surface area contributed by atoms with Crippen molar-refractivity contribution in [3.05, 3.63) is 35.4 Å². The minimum atomic E-state index is -4.43. The van der Waals surface area contributed by atoms with E-state index >= 15 is 0 Å². The van der Waals surface area contributed by atoms with Gasteiger partial charge in [0, 0.05) is 13.0 Å². The quantitative estimate of drug-likeness (QED) is 0.868. The van der Waals surface area contributed by atoms with Crippen LogP contribution in [0.2, 0.25) is 0 Å². The van der Waals surface area contributed by atoms with Gasteiger partial charge in [-0.05, 0) is 18.1 Å². The van der Waals surface area contributed by atoms with E-state index in [4.69, 9.17) is 9.84 Å². The van der Waals surface area contributed by atoms with Crippen LogP contribution in [0.5, 0.6) is 0 Å². The van der Waals surface area contributed by atoms with Crippen LogP contribution < -0.4 is 0 Å². The Balaban J connectivity index is 2.82. The second kappa shape index (κ2) is 6.56. The summed E-state index contributed by atoms with van der Waals surface area (Å²) < 4.78 is 42.7. The number of ether oxygens (including phenoxy) is 1. The highest BCUT2D eigenvalue weighted by atomic mass is 19.4. The maximum absolute atomic E-state index is 12.5. The summed E-state index contributed by atoms with van der Waals surface area (Å²) in [6.07, 6.45) is -4.99. The molecule has 0 heterocycles. The van der Waals surface area contributed by atoms with Crippen LogP contribution in [0, 0.1) is 0 Å². The van der Waals surface area contributed by atoms with Gasteiger partial charge in [-0.3, -0.25) is 0 Å². The summed E-state index contributed by atoms with van der Waals surface area (Å²) in [4.78, 5) is 10.9. The average molecular weight is 276 g/mol. The lowest BCUT2D eigenvalue weighted by atomic mass is 10.0. The number of carboxylic acids is 1. The maximum Gasteiger partial charge on any atom is 0.416 e. The fourth-order valence-electron chi connectivity index (χ4n) is 1.57. The van der Waals surface area contributed by atoms with Gasteiger partial charge >= 0.3 is 12.1 Å². The van der Waals surface area contributed by atoms with E-state index < -0.39 is 23.8 Å². The van der Waals surface area contributed by atoms with Crippen molar-refractivity contribution in [2.24, 2.45) is 0 Å². The Morgan fingerprint density at radius 1 is 1.42 bits per heavy atom. The van der Waals surface area contributed by atoms with E-state index in [-0.39, 0.29) is 13.0 Å². The van der Waals surface area contributed by atoms with Gasteiger partial charge in [0.1, 0.15) is 0 Å². The standard InChI is InChI=1S/C13H15F3O3/c1-2-6-19-11(12(17)18)8-9-4-3-5-10(7-9)13(14,15)16/h3-5,7,11H,2,6,8H2,1H3,(H,17,18)/t11-/m0/s1. The van der Waals surface area contributed by atoms with Crippen LogP contribution >= 0.6 is 0 Å². The topological polar surface area (TPSA) is 46.5 Å². The number of halogens is 3. The Bertz CT molecular complexity index is 429. The molecule has 0 aromatic heterocycles. The van der Waals surface area contributed by atoms with Crippen molar-refractivity contribution in [1.82, 2.24) is 0 Å². The highest BCUT2D eigenvalue weighted by molar-refractivity contribution is 5.72. The summed E-state index contributed by atoms with van der Waals surface area (Å²) in [5.41, 5.74) is -0.497. The molecule has 19 heavy (non-hydrogen) atoms. The van der Waals surface area contributed by atoms with E-state index in [0.717, 1.165) is 12.1 Å². The van der Waals surface area contributed by atoms with Crippen LogP contribution in [0.25, 0.3) is 0 Å². The first-order chi connectivity index (χ1) is 8.84. The SMILES string of the molecule is CCCO[C@@H](Cc1cccc(C(F)(F)F)c1)C(=O)O. The second-order valence-corrected chi connectivity index (χ2v) is 4.10. The fraction of sp³-hybridized carbons (Fsp3) is 0.462. The van der Waals surface area contributed by atoms with Crippen molar-refractivity contribution in [3.63, 3.8) is 0 Å². The molecule has 0 aliphatic heterocycles. The first-order valence-corrected chi connectivity index (χ1v) is 5.85. The lowest BCUT2D eigenvalue weighted by molar-refractivity contribution is -0.150. The third kappa shape index (κ3) is 4.90. The lowest BCUT2D eigenvalue weighted by Gasteiger charge is -2.14. The molecule has 1 aromatic rings. The molecule has 0 spiro atoms. The Kier molecular flexibility index (Phi) is 5.35. The summed E-state index contributed by atoms with van der Waals surface area (Å²) in [7, 11) is 0. The van der Waals surface area contributed by atoms with Gasteiger partial charge in [-0.15, -0.1) is 0 Å². The van der Waals surface area contributed by atoms with E-state index in [1.54, 1.807) is 0 Å². The van der Waals surface area contributed by atoms with Gasteiger partial charge in [0.25, 0.3) is 0 Å². The first-order valence-electron chi connectivity index (χ1n) is 5.85. The fourth-order valence-corrected chi connectivity index (χ4v) is 1.57. The highest BCUT2D eigenvalue weighted by Crippen LogP contribution is 2.29. The van der Waals surface area contributed by atoms with Gasteiger partial charge in [0.2, 0.25) is 0 Å². The van der Waals surface area contributed by atoms with Crippen LogP contribution in [-0.4, -0.2) is 23.8 Å². The van der Waals surface area contributed by atoms with E-state index in [0.29, 0.717) is 12.0 Å². The third-order valence-electron chi connectivity index (χ3n) is 2.47. The first kappa shape index (κ1) is 15.5. The van der Waals surface area contributed by atoms with E-state index in [9.17, 15) is 18.0 Å². The van der Waals surface area contributed by atoms with Crippen molar-refractivity contribution in [2.45, 2.75) is 32.0 Å². The maximum atomic E-state index is 12.5. The number of carboxylic acid groups (broad SMARTS) is 1. The van der Waals surface area contributed by atoms with Crippen LogP contribution in [0.15, 0.2) is 24.3 Å². The van der Waals surface area contributed by atoms with Gasteiger partial charge in [0.05, 0.1) is 5.56 Å². The molecule has 0 radical (unpaired) electrons. The molecule has 1 N–H and O–H groups in total. The van der Waals surface area contributed by atoms with Gasteiger partial charge in [-0.25, -0.2) is 4.79 Å². The van der Waals surface area contributed by atoms with Crippen molar-refractivity contribution in [3.8, 4) is 0 Å². The van der Waals surface area contributed by atoms with Crippen LogP contribution in [0.1, 0.15) is 24.5 Å². The number of carbonyl (C=O) groups is 1. The average Bonchev–Trinajstić information content (AvgIpc) is 2.33. The van der Waals surface area contributed by atoms with Gasteiger partial charge in [-0.2, -0.15) is 13.2 Å². The zero-order valence-electron chi connectivity index (χ0n) is 10.4. The smallest absolute Gasteiger partial charge is 0.416 e. The molecule has 0 fully saturated rings. The molecule has 0 aliphatic rings. The predicted octanol–water partition coefficient (Wildman–Crippen LogP) is 3.13. The van der Waals surface area contributed by atoms with E-state index in [1.165, 1.54) is 12.1 Å². The molecular formula is C13H15F3O3. The number of benzene rings is 1. The van der Waals surface area contributed by atoms with Gasteiger partial charge < -0.3 is 9.84 Å². The van der Waals surface area contributed by atoms with Gasteiger partial charge in [0.15, 0.2) is 6.10 Å². The van der Waals surface area contributed by atoms with E-state index in [2.05, 4.69) is 0 Å². The molecule has 0 unspecified atom stereocenters. The Morgan fingerprint density at radius 2 is 2.11 bits per heavy atom. The van der Waals surface area contributed by atoms with Crippen LogP contribution in [-0.2, 0) is 22.1 Å². The van der Waals surface area contributed by atoms with E-state index in [1.807, 2.05) is 6.92 Å². The van der Waals surface area contributed by atoms with Crippen molar-refractivity contribution in [1.29, 1.82) is 0 Å². The molecule has 0 bridgehead atoms. The third-order valence-corrected chi connectivity index (χ3v) is 2.47. The minimum Gasteiger partial charge on any atom is -0.479 e. The molecular weight excluding hydrogens is 261 g/mol. The summed E-state index contributed by atoms with van der Waals surface area (Å²) in [6, 6.07) is 4.62. The Hall–Kier alpha value is -1.56. The monoisotopic (exact) mass is 276 g/mol. The summed E-state index contributed by atoms with van der Waals surface area (Å²) in [5, 5.41) is 8.94.